The number of nitrogens with zero attached hydrogens (tertiary/aromatic N) is 3. The van der Waals surface area contributed by atoms with Gasteiger partial charge in [-0.05, 0) is 24.3 Å². The number of aromatic nitrogens is 3. The van der Waals surface area contributed by atoms with Gasteiger partial charge in [-0.2, -0.15) is 0 Å². The molecule has 0 radical (unpaired) electrons. The molecule has 3 aromatic rings. The van der Waals surface area contributed by atoms with E-state index in [0.717, 1.165) is 22.7 Å². The van der Waals surface area contributed by atoms with Gasteiger partial charge < -0.3 is 14.5 Å². The minimum atomic E-state index is -0.368. The molecule has 0 aliphatic rings. The summed E-state index contributed by atoms with van der Waals surface area (Å²) in [6.45, 7) is 0. The Kier molecular flexibility index (Phi) is 3.27. The zero-order valence-electron chi connectivity index (χ0n) is 11.7. The molecule has 0 amide bonds. The average molecular weight is 282 g/mol. The molecule has 6 heteroatoms. The van der Waals surface area contributed by atoms with E-state index < -0.39 is 0 Å². The van der Waals surface area contributed by atoms with Crippen LogP contribution in [0.3, 0.4) is 0 Å². The number of fused-ring (bicyclic) bond motifs is 1. The minimum Gasteiger partial charge on any atom is -0.465 e. The second-order valence-electron chi connectivity index (χ2n) is 4.48. The normalized spacial score (nSPS) is 10.6. The summed E-state index contributed by atoms with van der Waals surface area (Å²) in [5.74, 6) is 0.433. The molecule has 0 fully saturated rings. The first kappa shape index (κ1) is 13.1. The van der Waals surface area contributed by atoms with Gasteiger partial charge in [0.05, 0.1) is 18.4 Å². The number of carbonyl (C=O) groups is 1. The first-order valence-electron chi connectivity index (χ1n) is 6.42. The van der Waals surface area contributed by atoms with Gasteiger partial charge in [-0.25, -0.2) is 14.8 Å². The SMILES string of the molecule is CNc1ccc(-c2cn3cc(C(=O)OC)ccc3n2)cn1. The van der Waals surface area contributed by atoms with E-state index in [4.69, 9.17) is 4.74 Å². The van der Waals surface area contributed by atoms with Crippen molar-refractivity contribution in [2.24, 2.45) is 0 Å². The molecule has 0 unspecified atom stereocenters. The Hall–Kier alpha value is -2.89. The number of esters is 1. The predicted molar refractivity (Wildman–Crippen MR) is 79.3 cm³/mol. The standard InChI is InChI=1S/C15H14N4O2/c1-16-13-5-3-10(7-17-13)12-9-19-8-11(15(20)21-2)4-6-14(19)18-12/h3-9H,1-2H3,(H,16,17). The van der Waals surface area contributed by atoms with Crippen molar-refractivity contribution in [2.45, 2.75) is 0 Å². The molecule has 106 valence electrons. The zero-order chi connectivity index (χ0) is 14.8. The third-order valence-electron chi connectivity index (χ3n) is 3.19. The van der Waals surface area contributed by atoms with Crippen LogP contribution in [0, 0.1) is 0 Å². The maximum Gasteiger partial charge on any atom is 0.339 e. The van der Waals surface area contributed by atoms with Crippen LogP contribution in [0.1, 0.15) is 10.4 Å². The van der Waals surface area contributed by atoms with Gasteiger partial charge in [0, 0.05) is 31.2 Å². The second-order valence-corrected chi connectivity index (χ2v) is 4.48. The lowest BCUT2D eigenvalue weighted by atomic mass is 10.2. The average Bonchev–Trinajstić information content (AvgIpc) is 2.97. The summed E-state index contributed by atoms with van der Waals surface area (Å²) in [5.41, 5.74) is 2.96. The molecule has 3 aromatic heterocycles. The Labute approximate surface area is 121 Å². The maximum atomic E-state index is 11.5. The third kappa shape index (κ3) is 2.43. The molecule has 3 heterocycles. The summed E-state index contributed by atoms with van der Waals surface area (Å²) in [6.07, 6.45) is 5.32. The van der Waals surface area contributed by atoms with E-state index in [-0.39, 0.29) is 5.97 Å². The van der Waals surface area contributed by atoms with E-state index in [1.165, 1.54) is 7.11 Å². The molecule has 0 saturated carbocycles. The number of rotatable bonds is 3. The number of nitrogens with one attached hydrogen (secondary N) is 1. The molecular formula is C15H14N4O2. The Balaban J connectivity index is 2.01. The second kappa shape index (κ2) is 5.24. The van der Waals surface area contributed by atoms with Crippen LogP contribution in [-0.2, 0) is 4.74 Å². The number of methoxy groups -OCH3 is 1. The number of imidazole rings is 1. The zero-order valence-corrected chi connectivity index (χ0v) is 11.7. The van der Waals surface area contributed by atoms with Gasteiger partial charge in [0.25, 0.3) is 0 Å². The largest absolute Gasteiger partial charge is 0.465 e. The highest BCUT2D eigenvalue weighted by Gasteiger charge is 2.09. The summed E-state index contributed by atoms with van der Waals surface area (Å²) < 4.78 is 6.51. The van der Waals surface area contributed by atoms with Gasteiger partial charge in [0.15, 0.2) is 0 Å². The van der Waals surface area contributed by atoms with Crippen LogP contribution in [-0.4, -0.2) is 34.5 Å². The molecule has 3 rings (SSSR count). The lowest BCUT2D eigenvalue weighted by Crippen LogP contribution is -2.02. The number of anilines is 1. The predicted octanol–water partition coefficient (Wildman–Crippen LogP) is 2.22. The van der Waals surface area contributed by atoms with Crippen LogP contribution in [0.4, 0.5) is 5.82 Å². The van der Waals surface area contributed by atoms with E-state index in [1.54, 1.807) is 28.9 Å². The van der Waals surface area contributed by atoms with Gasteiger partial charge in [-0.1, -0.05) is 0 Å². The van der Waals surface area contributed by atoms with Crippen LogP contribution in [0.15, 0.2) is 42.9 Å². The fraction of sp³-hybridized carbons (Fsp3) is 0.133. The third-order valence-corrected chi connectivity index (χ3v) is 3.19. The van der Waals surface area contributed by atoms with Crippen LogP contribution in [0.25, 0.3) is 16.9 Å². The Bertz CT molecular complexity index is 793. The monoisotopic (exact) mass is 282 g/mol. The number of hydrogen-bond acceptors (Lipinski definition) is 5. The van der Waals surface area contributed by atoms with Gasteiger partial charge in [0.1, 0.15) is 11.5 Å². The molecule has 0 atom stereocenters. The van der Waals surface area contributed by atoms with Crippen molar-refractivity contribution >= 4 is 17.4 Å². The van der Waals surface area contributed by atoms with Crippen molar-refractivity contribution in [1.29, 1.82) is 0 Å². The molecule has 0 aliphatic carbocycles. The lowest BCUT2D eigenvalue weighted by Gasteiger charge is -1.99. The van der Waals surface area contributed by atoms with Crippen molar-refractivity contribution in [1.82, 2.24) is 14.4 Å². The molecule has 0 saturated heterocycles. The van der Waals surface area contributed by atoms with Gasteiger partial charge in [-0.15, -0.1) is 0 Å². The Morgan fingerprint density at radius 2 is 2.10 bits per heavy atom. The van der Waals surface area contributed by atoms with Crippen LogP contribution >= 0.6 is 0 Å². The van der Waals surface area contributed by atoms with Crippen molar-refractivity contribution in [2.75, 3.05) is 19.5 Å². The highest BCUT2D eigenvalue weighted by molar-refractivity contribution is 5.89. The van der Waals surface area contributed by atoms with Crippen LogP contribution < -0.4 is 5.32 Å². The van der Waals surface area contributed by atoms with Gasteiger partial charge >= 0.3 is 5.97 Å². The molecule has 6 nitrogen and oxygen atoms in total. The first-order valence-corrected chi connectivity index (χ1v) is 6.42. The molecule has 0 spiro atoms. The summed E-state index contributed by atoms with van der Waals surface area (Å²) in [7, 11) is 3.18. The number of ether oxygens (including phenoxy) is 1. The Morgan fingerprint density at radius 1 is 1.24 bits per heavy atom. The molecule has 21 heavy (non-hydrogen) atoms. The van der Waals surface area contributed by atoms with E-state index in [1.807, 2.05) is 25.4 Å². The van der Waals surface area contributed by atoms with Crippen molar-refractivity contribution in [3.05, 3.63) is 48.4 Å². The first-order chi connectivity index (χ1) is 10.2. The summed E-state index contributed by atoms with van der Waals surface area (Å²) >= 11 is 0. The molecular weight excluding hydrogens is 268 g/mol. The van der Waals surface area contributed by atoms with Gasteiger partial charge in [0.2, 0.25) is 0 Å². The van der Waals surface area contributed by atoms with Crippen molar-refractivity contribution in [3.8, 4) is 11.3 Å². The fourth-order valence-corrected chi connectivity index (χ4v) is 2.06. The number of carbonyl (C=O) groups excluding carboxylic acids is 1. The highest BCUT2D eigenvalue weighted by Crippen LogP contribution is 2.20. The maximum absolute atomic E-state index is 11.5. The molecule has 0 bridgehead atoms. The van der Waals surface area contributed by atoms with Crippen molar-refractivity contribution in [3.63, 3.8) is 0 Å². The summed E-state index contributed by atoms with van der Waals surface area (Å²) in [5, 5.41) is 2.97. The van der Waals surface area contributed by atoms with Crippen LogP contribution in [0.5, 0.6) is 0 Å². The van der Waals surface area contributed by atoms with E-state index in [9.17, 15) is 4.79 Å². The number of pyridine rings is 2. The van der Waals surface area contributed by atoms with Crippen LogP contribution in [0.2, 0.25) is 0 Å². The van der Waals surface area contributed by atoms with E-state index in [0.29, 0.717) is 5.56 Å². The minimum absolute atomic E-state index is 0.368. The fourth-order valence-electron chi connectivity index (χ4n) is 2.06. The lowest BCUT2D eigenvalue weighted by molar-refractivity contribution is 0.0600. The summed E-state index contributed by atoms with van der Waals surface area (Å²) in [4.78, 5) is 20.3. The van der Waals surface area contributed by atoms with Gasteiger partial charge in [-0.3, -0.25) is 0 Å². The van der Waals surface area contributed by atoms with E-state index >= 15 is 0 Å². The topological polar surface area (TPSA) is 68.5 Å². The number of hydrogen-bond donors (Lipinski definition) is 1. The summed E-state index contributed by atoms with van der Waals surface area (Å²) in [6, 6.07) is 7.31. The van der Waals surface area contributed by atoms with Crippen molar-refractivity contribution < 1.29 is 9.53 Å². The smallest absolute Gasteiger partial charge is 0.339 e. The highest BCUT2D eigenvalue weighted by atomic mass is 16.5. The molecule has 1 N–H and O–H groups in total. The Morgan fingerprint density at radius 3 is 2.76 bits per heavy atom. The van der Waals surface area contributed by atoms with E-state index in [2.05, 4.69) is 15.3 Å². The molecule has 0 aliphatic heterocycles. The quantitative estimate of drug-likeness (QED) is 0.746. The molecule has 0 aromatic carbocycles.